The maximum absolute atomic E-state index is 12.9. The average molecular weight is 445 g/mol. The molecule has 0 spiro atoms. The van der Waals surface area contributed by atoms with Gasteiger partial charge in [0.15, 0.2) is 0 Å². The Morgan fingerprint density at radius 3 is 2.28 bits per heavy atom. The highest BCUT2D eigenvalue weighted by molar-refractivity contribution is 5.96. The first kappa shape index (κ1) is 24.6. The molecule has 0 saturated heterocycles. The number of amides is 4. The van der Waals surface area contributed by atoms with Crippen LogP contribution in [0.5, 0.6) is 5.75 Å². The van der Waals surface area contributed by atoms with Gasteiger partial charge in [0.2, 0.25) is 11.8 Å². The van der Waals surface area contributed by atoms with E-state index >= 15 is 0 Å². The van der Waals surface area contributed by atoms with Crippen LogP contribution in [-0.4, -0.2) is 37.0 Å². The highest BCUT2D eigenvalue weighted by atomic mass is 19.1. The lowest BCUT2D eigenvalue weighted by Crippen LogP contribution is -2.50. The fraction of sp³-hybridized carbons (Fsp3) is 0.348. The Hall–Kier alpha value is -3.62. The van der Waals surface area contributed by atoms with Gasteiger partial charge in [-0.05, 0) is 55.3 Å². The molecule has 0 bridgehead atoms. The van der Waals surface area contributed by atoms with Crippen molar-refractivity contribution >= 4 is 23.5 Å². The van der Waals surface area contributed by atoms with Gasteiger partial charge in [-0.25, -0.2) is 9.18 Å². The summed E-state index contributed by atoms with van der Waals surface area (Å²) < 4.78 is 18.3. The van der Waals surface area contributed by atoms with Gasteiger partial charge < -0.3 is 26.0 Å². The summed E-state index contributed by atoms with van der Waals surface area (Å²) in [5.74, 6) is -0.501. The van der Waals surface area contributed by atoms with Crippen molar-refractivity contribution in [3.8, 4) is 5.75 Å². The summed E-state index contributed by atoms with van der Waals surface area (Å²) in [7, 11) is 0. The van der Waals surface area contributed by atoms with Crippen LogP contribution in [0, 0.1) is 5.82 Å². The molecule has 0 aliphatic rings. The van der Waals surface area contributed by atoms with Crippen molar-refractivity contribution in [1.82, 2.24) is 16.0 Å². The van der Waals surface area contributed by atoms with Crippen LogP contribution in [0.15, 0.2) is 48.5 Å². The van der Waals surface area contributed by atoms with Crippen LogP contribution in [0.1, 0.15) is 32.3 Å². The summed E-state index contributed by atoms with van der Waals surface area (Å²) in [4.78, 5) is 36.8. The summed E-state index contributed by atoms with van der Waals surface area (Å²) in [5, 5.41) is 10.5. The molecule has 2 rings (SSSR count). The number of carbonyl (C=O) groups excluding carboxylic acids is 3. The molecule has 0 aromatic heterocycles. The van der Waals surface area contributed by atoms with E-state index in [4.69, 9.17) is 4.74 Å². The fourth-order valence-corrected chi connectivity index (χ4v) is 2.85. The van der Waals surface area contributed by atoms with Crippen LogP contribution in [0.3, 0.4) is 0 Å². The minimum Gasteiger partial charge on any atom is -0.494 e. The predicted octanol–water partition coefficient (Wildman–Crippen LogP) is 2.95. The normalized spacial score (nSPS) is 11.2. The van der Waals surface area contributed by atoms with Gasteiger partial charge in [0.05, 0.1) is 13.2 Å². The van der Waals surface area contributed by atoms with E-state index in [1.54, 1.807) is 36.4 Å². The summed E-state index contributed by atoms with van der Waals surface area (Å²) >= 11 is 0. The van der Waals surface area contributed by atoms with E-state index in [0.717, 1.165) is 5.56 Å². The Morgan fingerprint density at radius 2 is 1.66 bits per heavy atom. The smallest absolute Gasteiger partial charge is 0.315 e. The molecule has 2 aromatic carbocycles. The maximum atomic E-state index is 12.9. The van der Waals surface area contributed by atoms with Crippen LogP contribution in [0.25, 0.3) is 0 Å². The highest BCUT2D eigenvalue weighted by Gasteiger charge is 2.20. The first-order valence-electron chi connectivity index (χ1n) is 10.5. The Balaban J connectivity index is 1.78. The number of nitrogens with one attached hydrogen (secondary N) is 4. The number of hydrogen-bond acceptors (Lipinski definition) is 4. The summed E-state index contributed by atoms with van der Waals surface area (Å²) in [6.45, 7) is 4.28. The van der Waals surface area contributed by atoms with Crippen LogP contribution in [0.2, 0.25) is 0 Å². The number of halogens is 1. The highest BCUT2D eigenvalue weighted by Crippen LogP contribution is 2.15. The zero-order valence-electron chi connectivity index (χ0n) is 18.2. The van der Waals surface area contributed by atoms with Crippen LogP contribution in [-0.2, 0) is 16.1 Å². The fourth-order valence-electron chi connectivity index (χ4n) is 2.85. The van der Waals surface area contributed by atoms with E-state index in [1.165, 1.54) is 12.1 Å². The number of hydrogen-bond donors (Lipinski definition) is 4. The second-order valence-corrected chi connectivity index (χ2v) is 7.02. The molecular formula is C23H29FN4O4. The second-order valence-electron chi connectivity index (χ2n) is 7.02. The maximum Gasteiger partial charge on any atom is 0.315 e. The summed E-state index contributed by atoms with van der Waals surface area (Å²) in [6.07, 6.45) is 1.07. The van der Waals surface area contributed by atoms with Crippen LogP contribution >= 0.6 is 0 Å². The van der Waals surface area contributed by atoms with Gasteiger partial charge in [-0.2, -0.15) is 0 Å². The molecule has 0 saturated carbocycles. The molecule has 0 aliphatic heterocycles. The van der Waals surface area contributed by atoms with Gasteiger partial charge in [-0.1, -0.05) is 25.5 Å². The monoisotopic (exact) mass is 444 g/mol. The molecule has 32 heavy (non-hydrogen) atoms. The molecule has 1 unspecified atom stereocenters. The topological polar surface area (TPSA) is 109 Å². The first-order valence-corrected chi connectivity index (χ1v) is 10.5. The molecular weight excluding hydrogens is 415 g/mol. The average Bonchev–Trinajstić information content (AvgIpc) is 2.78. The van der Waals surface area contributed by atoms with Gasteiger partial charge >= 0.3 is 6.03 Å². The zero-order chi connectivity index (χ0) is 23.3. The van der Waals surface area contributed by atoms with E-state index in [0.29, 0.717) is 30.9 Å². The molecule has 8 nitrogen and oxygen atoms in total. The number of ether oxygens (including phenoxy) is 1. The Labute approximate surface area is 186 Å². The third kappa shape index (κ3) is 8.63. The van der Waals surface area contributed by atoms with Gasteiger partial charge in [-0.3, -0.25) is 9.59 Å². The molecule has 4 N–H and O–H groups in total. The van der Waals surface area contributed by atoms with Crippen molar-refractivity contribution in [3.63, 3.8) is 0 Å². The van der Waals surface area contributed by atoms with Crippen LogP contribution < -0.4 is 26.0 Å². The number of benzene rings is 2. The lowest BCUT2D eigenvalue weighted by Gasteiger charge is -2.18. The molecule has 0 heterocycles. The van der Waals surface area contributed by atoms with E-state index in [1.807, 2.05) is 13.8 Å². The molecule has 4 amide bonds. The van der Waals surface area contributed by atoms with E-state index in [2.05, 4.69) is 21.3 Å². The molecule has 172 valence electrons. The van der Waals surface area contributed by atoms with E-state index in [9.17, 15) is 18.8 Å². The molecule has 0 aliphatic carbocycles. The minimum absolute atomic E-state index is 0.192. The Bertz CT molecular complexity index is 888. The van der Waals surface area contributed by atoms with Crippen molar-refractivity contribution in [2.24, 2.45) is 0 Å². The third-order valence-corrected chi connectivity index (χ3v) is 4.44. The molecule has 0 radical (unpaired) electrons. The van der Waals surface area contributed by atoms with Crippen molar-refractivity contribution in [2.45, 2.75) is 39.3 Å². The summed E-state index contributed by atoms with van der Waals surface area (Å²) in [6, 6.07) is 11.3. The van der Waals surface area contributed by atoms with Crippen molar-refractivity contribution in [2.75, 3.05) is 18.5 Å². The lowest BCUT2D eigenvalue weighted by atomic mass is 10.1. The minimum atomic E-state index is -0.786. The standard InChI is InChI=1S/C23H29FN4O4/c1-3-5-20(28-23(31)26-14-16-6-8-17(24)9-7-16)22(30)25-15-21(29)27-18-10-12-19(13-11-18)32-4-2/h6-13,20H,3-5,14-15H2,1-2H3,(H,25,30)(H,27,29)(H2,26,28,31). The predicted molar refractivity (Wildman–Crippen MR) is 120 cm³/mol. The SMILES string of the molecule is CCCC(NC(=O)NCc1ccc(F)cc1)C(=O)NCC(=O)Nc1ccc(OCC)cc1. The second kappa shape index (κ2) is 12.9. The molecule has 1 atom stereocenters. The number of anilines is 1. The van der Waals surface area contributed by atoms with Crippen molar-refractivity contribution in [1.29, 1.82) is 0 Å². The lowest BCUT2D eigenvalue weighted by molar-refractivity contribution is -0.125. The summed E-state index contributed by atoms with van der Waals surface area (Å²) in [5.41, 5.74) is 1.31. The number of rotatable bonds is 11. The van der Waals surface area contributed by atoms with Gasteiger partial charge in [0.1, 0.15) is 17.6 Å². The van der Waals surface area contributed by atoms with E-state index in [-0.39, 0.29) is 18.9 Å². The Morgan fingerprint density at radius 1 is 0.969 bits per heavy atom. The van der Waals surface area contributed by atoms with E-state index < -0.39 is 23.9 Å². The molecule has 9 heteroatoms. The number of carbonyl (C=O) groups is 3. The van der Waals surface area contributed by atoms with Gasteiger partial charge in [0, 0.05) is 12.2 Å². The van der Waals surface area contributed by atoms with Gasteiger partial charge in [0.25, 0.3) is 0 Å². The quantitative estimate of drug-likeness (QED) is 0.427. The molecule has 0 fully saturated rings. The zero-order valence-corrected chi connectivity index (χ0v) is 18.2. The first-order chi connectivity index (χ1) is 15.4. The largest absolute Gasteiger partial charge is 0.494 e. The van der Waals surface area contributed by atoms with Crippen molar-refractivity contribution in [3.05, 3.63) is 59.9 Å². The van der Waals surface area contributed by atoms with Crippen LogP contribution in [0.4, 0.5) is 14.9 Å². The third-order valence-electron chi connectivity index (χ3n) is 4.44. The number of urea groups is 1. The van der Waals surface area contributed by atoms with Gasteiger partial charge in [-0.15, -0.1) is 0 Å². The Kier molecular flexibility index (Phi) is 9.96. The molecule has 2 aromatic rings. The van der Waals surface area contributed by atoms with Crippen molar-refractivity contribution < 1.29 is 23.5 Å².